The third-order valence-corrected chi connectivity index (χ3v) is 8.49. The molecular formula is C30H42N4O4. The highest BCUT2D eigenvalue weighted by atomic mass is 16.5. The van der Waals surface area contributed by atoms with Crippen LogP contribution in [-0.2, 0) is 4.79 Å². The van der Waals surface area contributed by atoms with Crippen LogP contribution < -0.4 is 9.64 Å². The average molecular weight is 523 g/mol. The zero-order valence-corrected chi connectivity index (χ0v) is 22.8. The maximum Gasteiger partial charge on any atom is 0.324 e. The summed E-state index contributed by atoms with van der Waals surface area (Å²) in [6.45, 7) is 8.49. The predicted molar refractivity (Wildman–Crippen MR) is 147 cm³/mol. The zero-order chi connectivity index (χ0) is 26.5. The van der Waals surface area contributed by atoms with E-state index in [0.717, 1.165) is 89.3 Å². The molecule has 38 heavy (non-hydrogen) atoms. The number of aliphatic hydroxyl groups excluding tert-OH is 1. The summed E-state index contributed by atoms with van der Waals surface area (Å²) in [5, 5.41) is 13.4. The first-order chi connectivity index (χ1) is 18.5. The van der Waals surface area contributed by atoms with Crippen molar-refractivity contribution in [1.29, 1.82) is 0 Å². The molecule has 3 aliphatic rings. The fourth-order valence-corrected chi connectivity index (χ4v) is 5.77. The lowest BCUT2D eigenvalue weighted by atomic mass is 9.85. The molecule has 8 nitrogen and oxygen atoms in total. The quantitative estimate of drug-likeness (QED) is 0.527. The summed E-state index contributed by atoms with van der Waals surface area (Å²) < 4.78 is 11.6. The molecule has 2 aliphatic heterocycles. The van der Waals surface area contributed by atoms with E-state index in [1.54, 1.807) is 0 Å². The molecule has 206 valence electrons. The van der Waals surface area contributed by atoms with E-state index >= 15 is 0 Å². The Balaban J connectivity index is 1.05. The first-order valence-corrected chi connectivity index (χ1v) is 14.4. The molecule has 2 saturated heterocycles. The molecule has 0 saturated carbocycles. The third kappa shape index (κ3) is 6.40. The summed E-state index contributed by atoms with van der Waals surface area (Å²) in [7, 11) is 0. The Morgan fingerprint density at radius 1 is 1.05 bits per heavy atom. The number of rotatable bonds is 8. The maximum atomic E-state index is 13.0. The van der Waals surface area contributed by atoms with Crippen molar-refractivity contribution in [2.75, 3.05) is 44.3 Å². The molecule has 0 bridgehead atoms. The molecule has 2 fully saturated rings. The predicted octanol–water partition coefficient (Wildman–Crippen LogP) is 4.90. The van der Waals surface area contributed by atoms with Crippen molar-refractivity contribution >= 4 is 17.5 Å². The summed E-state index contributed by atoms with van der Waals surface area (Å²) in [4.78, 5) is 21.7. The van der Waals surface area contributed by atoms with Crippen molar-refractivity contribution in [3.63, 3.8) is 0 Å². The van der Waals surface area contributed by atoms with E-state index in [-0.39, 0.29) is 18.4 Å². The Morgan fingerprint density at radius 2 is 1.76 bits per heavy atom. The van der Waals surface area contributed by atoms with Crippen LogP contribution in [-0.4, -0.2) is 65.4 Å². The summed E-state index contributed by atoms with van der Waals surface area (Å²) in [6.07, 6.45) is 8.83. The van der Waals surface area contributed by atoms with Crippen LogP contribution in [0.15, 0.2) is 34.9 Å². The van der Waals surface area contributed by atoms with Crippen molar-refractivity contribution in [3.8, 4) is 5.75 Å². The summed E-state index contributed by atoms with van der Waals surface area (Å²) in [5.74, 6) is 3.21. The summed E-state index contributed by atoms with van der Waals surface area (Å²) in [5.41, 5.74) is 2.55. The van der Waals surface area contributed by atoms with Gasteiger partial charge in [0.2, 0.25) is 5.91 Å². The second kappa shape index (κ2) is 12.3. The SMILES string of the molecule is CC(C)c1noc(N2CCC(COc3ccc(C4=CCC(C(=O)N5CCC(CO)CC5)CC4)cc3)CC2)n1. The van der Waals surface area contributed by atoms with Crippen LogP contribution in [0.3, 0.4) is 0 Å². The third-order valence-electron chi connectivity index (χ3n) is 8.49. The largest absolute Gasteiger partial charge is 0.493 e. The lowest BCUT2D eigenvalue weighted by Gasteiger charge is -2.34. The van der Waals surface area contributed by atoms with E-state index < -0.39 is 0 Å². The first-order valence-electron chi connectivity index (χ1n) is 14.4. The van der Waals surface area contributed by atoms with Gasteiger partial charge >= 0.3 is 6.01 Å². The van der Waals surface area contributed by atoms with Crippen molar-refractivity contribution in [3.05, 3.63) is 41.7 Å². The van der Waals surface area contributed by atoms with Crippen LogP contribution >= 0.6 is 0 Å². The van der Waals surface area contributed by atoms with Gasteiger partial charge in [-0.25, -0.2) is 0 Å². The van der Waals surface area contributed by atoms with Crippen molar-refractivity contribution in [2.45, 2.75) is 64.7 Å². The van der Waals surface area contributed by atoms with Crippen LogP contribution in [0.1, 0.15) is 76.1 Å². The molecule has 0 spiro atoms. The minimum absolute atomic E-state index is 0.0931. The molecule has 1 N–H and O–H groups in total. The Morgan fingerprint density at radius 3 is 2.37 bits per heavy atom. The Labute approximate surface area is 226 Å². The second-order valence-electron chi connectivity index (χ2n) is 11.5. The molecule has 1 aromatic heterocycles. The van der Waals surface area contributed by atoms with E-state index in [9.17, 15) is 9.90 Å². The Kier molecular flexibility index (Phi) is 8.67. The van der Waals surface area contributed by atoms with E-state index in [1.165, 1.54) is 11.1 Å². The van der Waals surface area contributed by atoms with Gasteiger partial charge in [0.1, 0.15) is 5.75 Å². The molecule has 1 aliphatic carbocycles. The number of likely N-dealkylation sites (tertiary alicyclic amines) is 1. The van der Waals surface area contributed by atoms with Gasteiger partial charge in [0.05, 0.1) is 6.61 Å². The second-order valence-corrected chi connectivity index (χ2v) is 11.5. The van der Waals surface area contributed by atoms with Crippen LogP contribution in [0.5, 0.6) is 5.75 Å². The van der Waals surface area contributed by atoms with Crippen molar-refractivity contribution in [1.82, 2.24) is 15.0 Å². The standard InChI is InChI=1S/C30H42N4O4/c1-21(2)28-31-30(38-32-28)34-17-13-23(14-18-34)20-37-27-9-7-25(8-10-27)24-3-5-26(6-4-24)29(36)33-15-11-22(19-35)12-16-33/h3,7-10,21-23,26,35H,4-6,11-20H2,1-2H3. The molecule has 0 radical (unpaired) electrons. The van der Waals surface area contributed by atoms with E-state index in [1.807, 2.05) is 4.90 Å². The number of allylic oxidation sites excluding steroid dienone is 2. The van der Waals surface area contributed by atoms with E-state index in [0.29, 0.717) is 23.8 Å². The van der Waals surface area contributed by atoms with Gasteiger partial charge in [-0.3, -0.25) is 4.79 Å². The molecule has 1 amide bonds. The molecule has 2 aromatic rings. The number of anilines is 1. The number of carbonyl (C=O) groups excluding carboxylic acids is 1. The molecule has 1 unspecified atom stereocenters. The van der Waals surface area contributed by atoms with Crippen LogP contribution in [0, 0.1) is 17.8 Å². The number of hydrogen-bond acceptors (Lipinski definition) is 7. The number of aromatic nitrogens is 2. The smallest absolute Gasteiger partial charge is 0.324 e. The topological polar surface area (TPSA) is 91.9 Å². The number of ether oxygens (including phenoxy) is 1. The van der Waals surface area contributed by atoms with E-state index in [4.69, 9.17) is 9.26 Å². The molecule has 3 heterocycles. The molecule has 5 rings (SSSR count). The van der Waals surface area contributed by atoms with Crippen LogP contribution in [0.2, 0.25) is 0 Å². The first kappa shape index (κ1) is 26.7. The van der Waals surface area contributed by atoms with Gasteiger partial charge in [0.25, 0.3) is 0 Å². The van der Waals surface area contributed by atoms with Crippen molar-refractivity contribution < 1.29 is 19.2 Å². The lowest BCUT2D eigenvalue weighted by Crippen LogP contribution is -2.42. The monoisotopic (exact) mass is 522 g/mol. The fraction of sp³-hybridized carbons (Fsp3) is 0.633. The van der Waals surface area contributed by atoms with Gasteiger partial charge in [-0.1, -0.05) is 37.2 Å². The summed E-state index contributed by atoms with van der Waals surface area (Å²) in [6, 6.07) is 9.07. The normalized spacial score (nSPS) is 21.6. The highest BCUT2D eigenvalue weighted by Crippen LogP contribution is 2.33. The number of hydrogen-bond donors (Lipinski definition) is 1. The van der Waals surface area contributed by atoms with Gasteiger partial charge in [0, 0.05) is 44.6 Å². The number of amides is 1. The van der Waals surface area contributed by atoms with Gasteiger partial charge in [-0.2, -0.15) is 4.98 Å². The molecule has 8 heteroatoms. The maximum absolute atomic E-state index is 13.0. The molecule has 1 aromatic carbocycles. The van der Waals surface area contributed by atoms with Gasteiger partial charge < -0.3 is 24.2 Å². The fourth-order valence-electron chi connectivity index (χ4n) is 5.77. The minimum atomic E-state index is 0.0931. The Hall–Kier alpha value is -2.87. The minimum Gasteiger partial charge on any atom is -0.493 e. The number of piperidine rings is 2. The average Bonchev–Trinajstić information content (AvgIpc) is 3.47. The molecule has 1 atom stereocenters. The van der Waals surface area contributed by atoms with Crippen molar-refractivity contribution in [2.24, 2.45) is 17.8 Å². The van der Waals surface area contributed by atoms with Crippen LogP contribution in [0.25, 0.3) is 5.57 Å². The lowest BCUT2D eigenvalue weighted by molar-refractivity contribution is -0.137. The van der Waals surface area contributed by atoms with E-state index in [2.05, 4.69) is 59.2 Å². The number of aliphatic hydroxyl groups is 1. The number of benzene rings is 1. The highest BCUT2D eigenvalue weighted by molar-refractivity contribution is 5.81. The zero-order valence-electron chi connectivity index (χ0n) is 22.8. The molecular weight excluding hydrogens is 480 g/mol. The number of nitrogens with zero attached hydrogens (tertiary/aromatic N) is 4. The number of carbonyl (C=O) groups is 1. The summed E-state index contributed by atoms with van der Waals surface area (Å²) >= 11 is 0. The van der Waals surface area contributed by atoms with Gasteiger partial charge in [-0.05, 0) is 80.1 Å². The van der Waals surface area contributed by atoms with Crippen LogP contribution in [0.4, 0.5) is 6.01 Å². The highest BCUT2D eigenvalue weighted by Gasteiger charge is 2.29. The van der Waals surface area contributed by atoms with Gasteiger partial charge in [0.15, 0.2) is 5.82 Å². The van der Waals surface area contributed by atoms with Gasteiger partial charge in [-0.15, -0.1) is 0 Å². The Bertz CT molecular complexity index is 1080.